The largest absolute Gasteiger partial charge is 0.282 e. The lowest BCUT2D eigenvalue weighted by Crippen LogP contribution is -2.57. The minimum atomic E-state index is -1.18. The van der Waals surface area contributed by atoms with Gasteiger partial charge in [-0.25, -0.2) is 0 Å². The number of carbonyl (C=O) groups excluding carboxylic acids is 4. The number of unbranched alkanes of at least 4 members (excludes halogenated alkanes) is 2. The number of alkyl halides is 2. The van der Waals surface area contributed by atoms with Crippen LogP contribution < -0.4 is 10.9 Å². The zero-order valence-electron chi connectivity index (χ0n) is 21.5. The number of hydrogen-bond acceptors (Lipinski definition) is 4. The normalized spacial score (nSPS) is 25.7. The quantitative estimate of drug-likeness (QED) is 0.186. The standard InChI is InChI=1S/C31H27Cl2N3O4/c32-30-20-13-6-7-14-21(20)31(33,23-16-9-8-15-22(23)30)26-25(30)28(39)36(29(26)40)18-10-2-5-17-24(37)34-35-27(38)19-11-3-1-4-12-19/h1,3-4,6-9,11-16,25-26H,2,5,10,17-18H2,(H,34,37)(H,35,38)/t25-,26-,30?,31?/m0/s1. The summed E-state index contributed by atoms with van der Waals surface area (Å²) < 4.78 is 0. The Hall–Kier alpha value is -3.68. The number of hydrogen-bond donors (Lipinski definition) is 2. The molecule has 40 heavy (non-hydrogen) atoms. The number of halogens is 2. The van der Waals surface area contributed by atoms with Crippen LogP contribution >= 0.6 is 23.2 Å². The van der Waals surface area contributed by atoms with E-state index >= 15 is 0 Å². The molecular formula is C31H27Cl2N3O4. The van der Waals surface area contributed by atoms with Gasteiger partial charge >= 0.3 is 0 Å². The molecule has 7 rings (SSSR count). The summed E-state index contributed by atoms with van der Waals surface area (Å²) in [6, 6.07) is 23.7. The van der Waals surface area contributed by atoms with Crippen LogP contribution in [-0.4, -0.2) is 35.1 Å². The van der Waals surface area contributed by atoms with Gasteiger partial charge in [-0.2, -0.15) is 0 Å². The second-order valence-corrected chi connectivity index (χ2v) is 11.7. The van der Waals surface area contributed by atoms with Crippen molar-refractivity contribution in [2.75, 3.05) is 6.54 Å². The summed E-state index contributed by atoms with van der Waals surface area (Å²) >= 11 is 14.8. The second-order valence-electron chi connectivity index (χ2n) is 10.5. The number of imide groups is 1. The van der Waals surface area contributed by atoms with Crippen molar-refractivity contribution >= 4 is 46.8 Å². The third kappa shape index (κ3) is 3.86. The summed E-state index contributed by atoms with van der Waals surface area (Å²) in [5.41, 5.74) is 8.37. The maximum Gasteiger partial charge on any atom is 0.269 e. The van der Waals surface area contributed by atoms with Crippen LogP contribution in [0.15, 0.2) is 78.9 Å². The average Bonchev–Trinajstić information content (AvgIpc) is 3.25. The van der Waals surface area contributed by atoms with Gasteiger partial charge in [-0.05, 0) is 47.2 Å². The first kappa shape index (κ1) is 26.5. The molecule has 3 aliphatic carbocycles. The fourth-order valence-corrected chi connectivity index (χ4v) is 7.63. The van der Waals surface area contributed by atoms with E-state index in [1.165, 1.54) is 4.90 Å². The van der Waals surface area contributed by atoms with Crippen LogP contribution in [0.3, 0.4) is 0 Å². The number of benzene rings is 3. The Morgan fingerprint density at radius 2 is 1.15 bits per heavy atom. The van der Waals surface area contributed by atoms with Gasteiger partial charge in [0.1, 0.15) is 9.75 Å². The fourth-order valence-electron chi connectivity index (χ4n) is 6.53. The molecule has 0 unspecified atom stereocenters. The van der Waals surface area contributed by atoms with E-state index in [0.29, 0.717) is 24.8 Å². The van der Waals surface area contributed by atoms with Crippen LogP contribution in [0.25, 0.3) is 0 Å². The number of carbonyl (C=O) groups is 4. The first-order valence-corrected chi connectivity index (χ1v) is 14.1. The molecule has 4 aliphatic rings. The van der Waals surface area contributed by atoms with Crippen LogP contribution in [0.1, 0.15) is 58.3 Å². The fraction of sp³-hybridized carbons (Fsp3) is 0.290. The Morgan fingerprint density at radius 1 is 0.675 bits per heavy atom. The Kier molecular flexibility index (Phi) is 6.67. The predicted molar refractivity (Wildman–Crippen MR) is 150 cm³/mol. The van der Waals surface area contributed by atoms with Gasteiger partial charge in [-0.3, -0.25) is 34.9 Å². The number of likely N-dealkylation sites (tertiary alicyclic amines) is 1. The van der Waals surface area contributed by atoms with Crippen molar-refractivity contribution in [3.63, 3.8) is 0 Å². The zero-order valence-corrected chi connectivity index (χ0v) is 23.0. The van der Waals surface area contributed by atoms with Crippen molar-refractivity contribution < 1.29 is 19.2 Å². The topological polar surface area (TPSA) is 95.6 Å². The highest BCUT2D eigenvalue weighted by atomic mass is 35.5. The maximum atomic E-state index is 13.8. The Morgan fingerprint density at radius 3 is 1.65 bits per heavy atom. The third-order valence-electron chi connectivity index (χ3n) is 8.31. The Balaban J connectivity index is 1.10. The summed E-state index contributed by atoms with van der Waals surface area (Å²) in [6.45, 7) is 0.226. The zero-order chi connectivity index (χ0) is 28.1. The van der Waals surface area contributed by atoms with Crippen molar-refractivity contribution in [1.82, 2.24) is 15.8 Å². The SMILES string of the molecule is O=C(CCCCCN1C(=O)[C@@H]2[C@@H](C1=O)C1(Cl)c3ccccc3C2(Cl)c2ccccc21)NNC(=O)c1ccccc1. The van der Waals surface area contributed by atoms with Crippen molar-refractivity contribution in [3.8, 4) is 0 Å². The molecule has 0 saturated carbocycles. The molecule has 3 aromatic rings. The van der Waals surface area contributed by atoms with E-state index in [2.05, 4.69) is 10.9 Å². The Labute approximate surface area is 241 Å². The van der Waals surface area contributed by atoms with E-state index in [1.807, 2.05) is 48.5 Å². The molecule has 1 saturated heterocycles. The molecule has 0 radical (unpaired) electrons. The highest BCUT2D eigenvalue weighted by molar-refractivity contribution is 6.36. The van der Waals surface area contributed by atoms with Gasteiger partial charge in [0.25, 0.3) is 5.91 Å². The molecule has 2 N–H and O–H groups in total. The highest BCUT2D eigenvalue weighted by Crippen LogP contribution is 2.69. The molecule has 4 amide bonds. The molecule has 3 aromatic carbocycles. The monoisotopic (exact) mass is 575 g/mol. The minimum absolute atomic E-state index is 0.197. The van der Waals surface area contributed by atoms with Gasteiger partial charge in [0.15, 0.2) is 0 Å². The molecule has 2 bridgehead atoms. The van der Waals surface area contributed by atoms with Crippen LogP contribution in [0.4, 0.5) is 0 Å². The number of amides is 4. The summed E-state index contributed by atoms with van der Waals surface area (Å²) in [5.74, 6) is -2.93. The third-order valence-corrected chi connectivity index (χ3v) is 9.60. The number of hydrazine groups is 1. The van der Waals surface area contributed by atoms with Crippen molar-refractivity contribution in [1.29, 1.82) is 0 Å². The number of nitrogens with zero attached hydrogens (tertiary/aromatic N) is 1. The smallest absolute Gasteiger partial charge is 0.269 e. The number of rotatable bonds is 7. The van der Waals surface area contributed by atoms with Crippen LogP contribution in [0, 0.1) is 11.8 Å². The first-order chi connectivity index (χ1) is 19.3. The van der Waals surface area contributed by atoms with Gasteiger partial charge in [0, 0.05) is 18.5 Å². The molecule has 1 aliphatic heterocycles. The molecule has 2 atom stereocenters. The molecular weight excluding hydrogens is 549 g/mol. The van der Waals surface area contributed by atoms with Gasteiger partial charge in [0.2, 0.25) is 17.7 Å². The average molecular weight is 576 g/mol. The van der Waals surface area contributed by atoms with Gasteiger partial charge < -0.3 is 0 Å². The molecule has 0 spiro atoms. The lowest BCUT2D eigenvalue weighted by Gasteiger charge is -2.54. The predicted octanol–water partition coefficient (Wildman–Crippen LogP) is 4.60. The lowest BCUT2D eigenvalue weighted by atomic mass is 9.54. The van der Waals surface area contributed by atoms with Crippen molar-refractivity contribution in [2.45, 2.75) is 35.4 Å². The second kappa shape index (κ2) is 10.1. The summed E-state index contributed by atoms with van der Waals surface area (Å²) in [7, 11) is 0. The van der Waals surface area contributed by atoms with Crippen LogP contribution in [0.2, 0.25) is 0 Å². The van der Waals surface area contributed by atoms with E-state index in [0.717, 1.165) is 22.3 Å². The van der Waals surface area contributed by atoms with Gasteiger partial charge in [0.05, 0.1) is 11.8 Å². The molecule has 0 aromatic heterocycles. The Bertz CT molecular complexity index is 1400. The van der Waals surface area contributed by atoms with Crippen LogP contribution in [0.5, 0.6) is 0 Å². The van der Waals surface area contributed by atoms with E-state index in [4.69, 9.17) is 23.2 Å². The number of nitrogens with one attached hydrogen (secondary N) is 2. The van der Waals surface area contributed by atoms with Crippen LogP contribution in [-0.2, 0) is 24.1 Å². The van der Waals surface area contributed by atoms with E-state index in [9.17, 15) is 19.2 Å². The summed E-state index contributed by atoms with van der Waals surface area (Å²) in [4.78, 5) is 50.8. The van der Waals surface area contributed by atoms with Gasteiger partial charge in [-0.15, -0.1) is 23.2 Å². The van der Waals surface area contributed by atoms with E-state index < -0.39 is 27.5 Å². The molecule has 1 heterocycles. The van der Waals surface area contributed by atoms with Crippen molar-refractivity contribution in [2.24, 2.45) is 11.8 Å². The van der Waals surface area contributed by atoms with Gasteiger partial charge in [-0.1, -0.05) is 73.2 Å². The lowest BCUT2D eigenvalue weighted by molar-refractivity contribution is -0.140. The molecule has 1 fully saturated rings. The minimum Gasteiger partial charge on any atom is -0.282 e. The highest BCUT2D eigenvalue weighted by Gasteiger charge is 2.72. The summed E-state index contributed by atoms with van der Waals surface area (Å²) in [5, 5.41) is 0. The van der Waals surface area contributed by atoms with E-state index in [1.54, 1.807) is 30.3 Å². The molecule has 204 valence electrons. The molecule has 9 heteroatoms. The summed E-state index contributed by atoms with van der Waals surface area (Å²) in [6.07, 6.45) is 1.88. The van der Waals surface area contributed by atoms with Crippen molar-refractivity contribution in [3.05, 3.63) is 107 Å². The first-order valence-electron chi connectivity index (χ1n) is 13.4. The maximum absolute atomic E-state index is 13.8. The van der Waals surface area contributed by atoms with E-state index in [-0.39, 0.29) is 30.7 Å². The molecule has 7 nitrogen and oxygen atoms in total.